The Hall–Kier alpha value is -1.93. The summed E-state index contributed by atoms with van der Waals surface area (Å²) in [6, 6.07) is 0. The van der Waals surface area contributed by atoms with Gasteiger partial charge >= 0.3 is 0 Å². The van der Waals surface area contributed by atoms with Crippen LogP contribution in [0.2, 0.25) is 0 Å². The molecule has 0 radical (unpaired) electrons. The van der Waals surface area contributed by atoms with Gasteiger partial charge in [-0.05, 0) is 26.2 Å². The van der Waals surface area contributed by atoms with Gasteiger partial charge in [0.2, 0.25) is 5.95 Å². The first-order chi connectivity index (χ1) is 10.1. The highest BCUT2D eigenvalue weighted by Crippen LogP contribution is 2.19. The maximum Gasteiger partial charge on any atom is 0.224 e. The lowest BCUT2D eigenvalue weighted by Gasteiger charge is -2.26. The highest BCUT2D eigenvalue weighted by atomic mass is 16.7. The molecule has 0 spiro atoms. The lowest BCUT2D eigenvalue weighted by Crippen LogP contribution is -2.28. The SMILES string of the molecule is CC(Cn1cnc2c(N)nc(N)nc21)OC1CCCCO1. The van der Waals surface area contributed by atoms with Crippen LogP contribution in [0, 0.1) is 0 Å². The fourth-order valence-electron chi connectivity index (χ4n) is 2.51. The van der Waals surface area contributed by atoms with Crippen LogP contribution in [0.1, 0.15) is 26.2 Å². The summed E-state index contributed by atoms with van der Waals surface area (Å²) in [4.78, 5) is 12.3. The van der Waals surface area contributed by atoms with E-state index in [9.17, 15) is 0 Å². The number of hydrogen-bond acceptors (Lipinski definition) is 7. The Morgan fingerprint density at radius 2 is 2.29 bits per heavy atom. The minimum atomic E-state index is -0.117. The van der Waals surface area contributed by atoms with E-state index in [1.54, 1.807) is 6.33 Å². The summed E-state index contributed by atoms with van der Waals surface area (Å²) in [6.07, 6.45) is 4.73. The first-order valence-electron chi connectivity index (χ1n) is 7.14. The Morgan fingerprint density at radius 3 is 3.05 bits per heavy atom. The molecule has 21 heavy (non-hydrogen) atoms. The Kier molecular flexibility index (Phi) is 3.89. The number of imidazole rings is 1. The largest absolute Gasteiger partial charge is 0.382 e. The topological polar surface area (TPSA) is 114 Å². The summed E-state index contributed by atoms with van der Waals surface area (Å²) in [6.45, 7) is 3.37. The van der Waals surface area contributed by atoms with Crippen molar-refractivity contribution in [1.29, 1.82) is 0 Å². The van der Waals surface area contributed by atoms with Crippen molar-refractivity contribution in [3.63, 3.8) is 0 Å². The highest BCUT2D eigenvalue weighted by molar-refractivity contribution is 5.82. The van der Waals surface area contributed by atoms with Crippen molar-refractivity contribution >= 4 is 22.9 Å². The number of rotatable bonds is 4. The van der Waals surface area contributed by atoms with Gasteiger partial charge in [0, 0.05) is 6.61 Å². The predicted octanol–water partition coefficient (Wildman–Crippen LogP) is 0.922. The van der Waals surface area contributed by atoms with Crippen molar-refractivity contribution in [2.75, 3.05) is 18.1 Å². The molecule has 1 aliphatic heterocycles. The number of hydrogen-bond donors (Lipinski definition) is 2. The zero-order chi connectivity index (χ0) is 14.8. The van der Waals surface area contributed by atoms with Crippen LogP contribution in [0.15, 0.2) is 6.33 Å². The van der Waals surface area contributed by atoms with Crippen molar-refractivity contribution in [1.82, 2.24) is 19.5 Å². The van der Waals surface area contributed by atoms with Gasteiger partial charge in [-0.25, -0.2) is 4.98 Å². The molecule has 2 aromatic heterocycles. The molecule has 2 atom stereocenters. The van der Waals surface area contributed by atoms with Crippen LogP contribution in [0.25, 0.3) is 11.2 Å². The lowest BCUT2D eigenvalue weighted by atomic mass is 10.2. The van der Waals surface area contributed by atoms with E-state index >= 15 is 0 Å². The predicted molar refractivity (Wildman–Crippen MR) is 78.3 cm³/mol. The van der Waals surface area contributed by atoms with Crippen LogP contribution in [0.3, 0.4) is 0 Å². The second-order valence-electron chi connectivity index (χ2n) is 5.28. The van der Waals surface area contributed by atoms with E-state index in [0.29, 0.717) is 23.5 Å². The summed E-state index contributed by atoms with van der Waals surface area (Å²) < 4.78 is 13.4. The van der Waals surface area contributed by atoms with Gasteiger partial charge in [0.25, 0.3) is 0 Å². The molecular formula is C13H20N6O2. The van der Waals surface area contributed by atoms with Crippen LogP contribution in [-0.2, 0) is 16.0 Å². The standard InChI is InChI=1S/C13H20N6O2/c1-8(21-9-4-2-3-5-20-9)6-19-7-16-10-11(14)17-13(15)18-12(10)19/h7-9H,2-6H2,1H3,(H4,14,15,17,18). The third kappa shape index (κ3) is 3.06. The van der Waals surface area contributed by atoms with E-state index < -0.39 is 0 Å². The molecule has 2 aromatic rings. The van der Waals surface area contributed by atoms with Crippen LogP contribution in [0.4, 0.5) is 11.8 Å². The van der Waals surface area contributed by atoms with E-state index in [4.69, 9.17) is 20.9 Å². The maximum absolute atomic E-state index is 5.90. The van der Waals surface area contributed by atoms with Gasteiger partial charge in [0.05, 0.1) is 19.0 Å². The molecule has 8 nitrogen and oxygen atoms in total. The molecule has 3 rings (SSSR count). The van der Waals surface area contributed by atoms with Crippen molar-refractivity contribution in [3.05, 3.63) is 6.33 Å². The Bertz CT molecular complexity index is 622. The molecule has 0 aliphatic carbocycles. The molecule has 0 amide bonds. The monoisotopic (exact) mass is 292 g/mol. The summed E-state index contributed by atoms with van der Waals surface area (Å²) in [5.74, 6) is 0.436. The van der Waals surface area contributed by atoms with Crippen molar-refractivity contribution in [3.8, 4) is 0 Å². The summed E-state index contributed by atoms with van der Waals surface area (Å²) >= 11 is 0. The normalized spacial score (nSPS) is 20.7. The number of nitrogens with zero attached hydrogens (tertiary/aromatic N) is 4. The zero-order valence-corrected chi connectivity index (χ0v) is 12.0. The molecule has 114 valence electrons. The van der Waals surface area contributed by atoms with Crippen molar-refractivity contribution in [2.24, 2.45) is 0 Å². The number of nitrogens with two attached hydrogens (primary N) is 2. The first-order valence-corrected chi connectivity index (χ1v) is 7.14. The van der Waals surface area contributed by atoms with Crippen LogP contribution in [-0.4, -0.2) is 38.5 Å². The molecule has 8 heteroatoms. The minimum absolute atomic E-state index is 0.0251. The molecular weight excluding hydrogens is 272 g/mol. The smallest absolute Gasteiger partial charge is 0.224 e. The lowest BCUT2D eigenvalue weighted by molar-refractivity contribution is -0.186. The minimum Gasteiger partial charge on any atom is -0.382 e. The molecule has 2 unspecified atom stereocenters. The number of fused-ring (bicyclic) bond motifs is 1. The summed E-state index contributed by atoms with van der Waals surface area (Å²) in [5, 5.41) is 0. The molecule has 1 fully saturated rings. The van der Waals surface area contributed by atoms with E-state index in [1.807, 2.05) is 11.5 Å². The average Bonchev–Trinajstić information content (AvgIpc) is 2.83. The van der Waals surface area contributed by atoms with E-state index in [0.717, 1.165) is 25.9 Å². The quantitative estimate of drug-likeness (QED) is 0.861. The summed E-state index contributed by atoms with van der Waals surface area (Å²) in [7, 11) is 0. The summed E-state index contributed by atoms with van der Waals surface area (Å²) in [5.41, 5.74) is 12.6. The molecule has 0 bridgehead atoms. The van der Waals surface area contributed by atoms with Gasteiger partial charge in [-0.1, -0.05) is 0 Å². The van der Waals surface area contributed by atoms with Gasteiger partial charge in [-0.2, -0.15) is 9.97 Å². The Balaban J connectivity index is 1.72. The maximum atomic E-state index is 5.90. The van der Waals surface area contributed by atoms with E-state index in [2.05, 4.69) is 15.0 Å². The van der Waals surface area contributed by atoms with Gasteiger partial charge in [-0.15, -0.1) is 0 Å². The van der Waals surface area contributed by atoms with Crippen LogP contribution in [0.5, 0.6) is 0 Å². The number of ether oxygens (including phenoxy) is 2. The zero-order valence-electron chi connectivity index (χ0n) is 12.0. The molecule has 1 saturated heterocycles. The van der Waals surface area contributed by atoms with Crippen LogP contribution >= 0.6 is 0 Å². The van der Waals surface area contributed by atoms with E-state index in [1.165, 1.54) is 0 Å². The van der Waals surface area contributed by atoms with Crippen LogP contribution < -0.4 is 11.5 Å². The van der Waals surface area contributed by atoms with Crippen molar-refractivity contribution < 1.29 is 9.47 Å². The second-order valence-corrected chi connectivity index (χ2v) is 5.28. The van der Waals surface area contributed by atoms with Gasteiger partial charge in [0.1, 0.15) is 5.52 Å². The second kappa shape index (κ2) is 5.82. The van der Waals surface area contributed by atoms with Gasteiger partial charge in [-0.3, -0.25) is 0 Å². The Morgan fingerprint density at radius 1 is 1.43 bits per heavy atom. The third-order valence-corrected chi connectivity index (χ3v) is 3.48. The molecule has 3 heterocycles. The first kappa shape index (κ1) is 14.0. The fraction of sp³-hybridized carbons (Fsp3) is 0.615. The fourth-order valence-corrected chi connectivity index (χ4v) is 2.51. The molecule has 0 saturated carbocycles. The van der Waals surface area contributed by atoms with Gasteiger partial charge in [0.15, 0.2) is 17.8 Å². The Labute approximate surface area is 122 Å². The number of anilines is 2. The number of nitrogen functional groups attached to an aromatic ring is 2. The molecule has 0 aromatic carbocycles. The van der Waals surface area contributed by atoms with Crippen molar-refractivity contribution in [2.45, 2.75) is 45.1 Å². The third-order valence-electron chi connectivity index (χ3n) is 3.48. The molecule has 4 N–H and O–H groups in total. The molecule has 1 aliphatic rings. The number of aromatic nitrogens is 4. The highest BCUT2D eigenvalue weighted by Gasteiger charge is 2.18. The average molecular weight is 292 g/mol. The van der Waals surface area contributed by atoms with Gasteiger partial charge < -0.3 is 25.5 Å². The van der Waals surface area contributed by atoms with E-state index in [-0.39, 0.29) is 18.3 Å².